The van der Waals surface area contributed by atoms with Crippen LogP contribution in [0.4, 0.5) is 0 Å². The van der Waals surface area contributed by atoms with Crippen LogP contribution in [0, 0.1) is 0 Å². The van der Waals surface area contributed by atoms with E-state index in [9.17, 15) is 0 Å². The van der Waals surface area contributed by atoms with E-state index in [1.807, 2.05) is 11.3 Å². The first-order valence-corrected chi connectivity index (χ1v) is 23.8. The minimum Gasteiger partial charge on any atom is -0.135 e. The second kappa shape index (κ2) is 13.1. The van der Waals surface area contributed by atoms with Crippen molar-refractivity contribution in [3.8, 4) is 55.6 Å². The predicted octanol–water partition coefficient (Wildman–Crippen LogP) is 18.3. The summed E-state index contributed by atoms with van der Waals surface area (Å²) >= 11 is 1.91. The Kier molecular flexibility index (Phi) is 7.49. The van der Waals surface area contributed by atoms with Crippen LogP contribution in [0.1, 0.15) is 49.9 Å². The van der Waals surface area contributed by atoms with Gasteiger partial charge in [-0.3, -0.25) is 0 Å². The van der Waals surface area contributed by atoms with Crippen molar-refractivity contribution in [3.05, 3.63) is 216 Å². The number of hydrogen-bond acceptors (Lipinski definition) is 1. The standard InChI is InChI=1S/C64H44S/c1-63(2)52-32-27-38-28-33-57-62(51-21-11-12-23-56(51)65-57)59(38)61(52)50-31-25-40(35-55(50)63)39-24-29-43-44-30-26-41(36-54(44)64(3,4)53(43)34-39)58-46-17-7-9-19-48(46)60(49-20-10-8-18-47(49)58)45-22-13-15-37-14-5-6-16-42(37)45/h5-36H,1-4H3. The maximum absolute atomic E-state index is 2.51. The van der Waals surface area contributed by atoms with Crippen molar-refractivity contribution in [2.24, 2.45) is 0 Å². The molecule has 0 unspecified atom stereocenters. The second-order valence-electron chi connectivity index (χ2n) is 19.5. The summed E-state index contributed by atoms with van der Waals surface area (Å²) in [6.07, 6.45) is 0. The monoisotopic (exact) mass is 844 g/mol. The van der Waals surface area contributed by atoms with Crippen LogP contribution in [0.3, 0.4) is 0 Å². The molecule has 0 saturated carbocycles. The van der Waals surface area contributed by atoms with E-state index < -0.39 is 0 Å². The van der Waals surface area contributed by atoms with Crippen LogP contribution in [-0.4, -0.2) is 0 Å². The van der Waals surface area contributed by atoms with Gasteiger partial charge in [-0.05, 0) is 151 Å². The van der Waals surface area contributed by atoms with Crippen molar-refractivity contribution < 1.29 is 0 Å². The molecule has 1 heterocycles. The van der Waals surface area contributed by atoms with Gasteiger partial charge in [0.1, 0.15) is 0 Å². The van der Waals surface area contributed by atoms with E-state index in [1.54, 1.807) is 0 Å². The van der Waals surface area contributed by atoms with Gasteiger partial charge in [-0.2, -0.15) is 0 Å². The van der Waals surface area contributed by atoms with Crippen molar-refractivity contribution in [1.82, 2.24) is 0 Å². The summed E-state index contributed by atoms with van der Waals surface area (Å²) in [6, 6.07) is 73.7. The fraction of sp³-hybridized carbons (Fsp3) is 0.0938. The zero-order valence-electron chi connectivity index (χ0n) is 36.9. The number of fused-ring (bicyclic) bond motifs is 15. The molecule has 2 aliphatic rings. The number of rotatable bonds is 3. The molecular weight excluding hydrogens is 801 g/mol. The quantitative estimate of drug-likeness (QED) is 0.155. The topological polar surface area (TPSA) is 0 Å². The van der Waals surface area contributed by atoms with Crippen LogP contribution < -0.4 is 0 Å². The Labute approximate surface area is 383 Å². The summed E-state index contributed by atoms with van der Waals surface area (Å²) in [6.45, 7) is 9.69. The van der Waals surface area contributed by atoms with Gasteiger partial charge < -0.3 is 0 Å². The molecule has 12 aromatic rings. The van der Waals surface area contributed by atoms with E-state index in [-0.39, 0.29) is 10.8 Å². The van der Waals surface area contributed by atoms with E-state index in [1.165, 1.54) is 141 Å². The zero-order valence-corrected chi connectivity index (χ0v) is 37.7. The molecule has 65 heavy (non-hydrogen) atoms. The molecule has 0 fully saturated rings. The molecule has 1 heteroatoms. The Hall–Kier alpha value is -7.32. The highest BCUT2D eigenvalue weighted by molar-refractivity contribution is 7.26. The van der Waals surface area contributed by atoms with Crippen LogP contribution in [0.25, 0.3) is 119 Å². The van der Waals surface area contributed by atoms with Gasteiger partial charge in [0.25, 0.3) is 0 Å². The Morgan fingerprint density at radius 3 is 1.49 bits per heavy atom. The maximum atomic E-state index is 2.51. The third-order valence-electron chi connectivity index (χ3n) is 15.4. The third-order valence-corrected chi connectivity index (χ3v) is 16.6. The fourth-order valence-corrected chi connectivity index (χ4v) is 13.4. The Balaban J connectivity index is 0.892. The molecule has 0 radical (unpaired) electrons. The molecule has 0 atom stereocenters. The molecular formula is C64H44S. The smallest absolute Gasteiger partial charge is 0.0362 e. The molecule has 306 valence electrons. The SMILES string of the molecule is CC1(C)c2cc(-c3ccc4c(c3)C(C)(C)c3ccc5ccc6sc7ccccc7c6c5c3-4)ccc2-c2ccc(-c3c4ccccc4c(-c4cccc5ccccc45)c4ccccc34)cc21. The van der Waals surface area contributed by atoms with Gasteiger partial charge in [-0.15, -0.1) is 11.3 Å². The lowest BCUT2D eigenvalue weighted by Gasteiger charge is -2.24. The third kappa shape index (κ3) is 5.02. The van der Waals surface area contributed by atoms with Crippen molar-refractivity contribution >= 4 is 74.6 Å². The molecule has 0 nitrogen and oxygen atoms in total. The number of thiophene rings is 1. The lowest BCUT2D eigenvalue weighted by Crippen LogP contribution is -2.15. The van der Waals surface area contributed by atoms with Gasteiger partial charge in [0.05, 0.1) is 0 Å². The first kappa shape index (κ1) is 37.1. The molecule has 0 spiro atoms. The van der Waals surface area contributed by atoms with Gasteiger partial charge in [-0.1, -0.05) is 191 Å². The minimum absolute atomic E-state index is 0.132. The van der Waals surface area contributed by atoms with Gasteiger partial charge in [-0.25, -0.2) is 0 Å². The van der Waals surface area contributed by atoms with Crippen LogP contribution in [0.2, 0.25) is 0 Å². The molecule has 14 rings (SSSR count). The molecule has 0 aliphatic heterocycles. The van der Waals surface area contributed by atoms with Gasteiger partial charge >= 0.3 is 0 Å². The summed E-state index contributed by atoms with van der Waals surface area (Å²) in [5.74, 6) is 0. The molecule has 1 aromatic heterocycles. The Morgan fingerprint density at radius 1 is 0.292 bits per heavy atom. The summed E-state index contributed by atoms with van der Waals surface area (Å²) in [7, 11) is 0. The van der Waals surface area contributed by atoms with Crippen LogP contribution in [-0.2, 0) is 10.8 Å². The summed E-state index contributed by atoms with van der Waals surface area (Å²) in [4.78, 5) is 0. The number of benzene rings is 11. The molecule has 0 bridgehead atoms. The van der Waals surface area contributed by atoms with Crippen LogP contribution >= 0.6 is 11.3 Å². The van der Waals surface area contributed by atoms with E-state index in [0.717, 1.165) is 0 Å². The molecule has 11 aromatic carbocycles. The highest BCUT2D eigenvalue weighted by atomic mass is 32.1. The van der Waals surface area contributed by atoms with Crippen molar-refractivity contribution in [2.45, 2.75) is 38.5 Å². The molecule has 0 saturated heterocycles. The normalized spacial score (nSPS) is 14.4. The first-order chi connectivity index (χ1) is 31.8. The largest absolute Gasteiger partial charge is 0.135 e. The summed E-state index contributed by atoms with van der Waals surface area (Å²) in [5.41, 5.74) is 18.5. The lowest BCUT2D eigenvalue weighted by atomic mass is 9.79. The van der Waals surface area contributed by atoms with Crippen molar-refractivity contribution in [1.29, 1.82) is 0 Å². The maximum Gasteiger partial charge on any atom is 0.0362 e. The Morgan fingerprint density at radius 2 is 0.800 bits per heavy atom. The first-order valence-electron chi connectivity index (χ1n) is 23.0. The van der Waals surface area contributed by atoms with E-state index in [4.69, 9.17) is 0 Å². The van der Waals surface area contributed by atoms with E-state index >= 15 is 0 Å². The van der Waals surface area contributed by atoms with E-state index in [2.05, 4.69) is 222 Å². The zero-order chi connectivity index (χ0) is 43.3. The lowest BCUT2D eigenvalue weighted by molar-refractivity contribution is 0.660. The fourth-order valence-electron chi connectivity index (χ4n) is 12.3. The predicted molar refractivity (Wildman–Crippen MR) is 281 cm³/mol. The van der Waals surface area contributed by atoms with Crippen molar-refractivity contribution in [3.63, 3.8) is 0 Å². The van der Waals surface area contributed by atoms with E-state index in [0.29, 0.717) is 0 Å². The average molecular weight is 845 g/mol. The summed E-state index contributed by atoms with van der Waals surface area (Å²) in [5, 5.41) is 13.2. The molecule has 0 amide bonds. The second-order valence-corrected chi connectivity index (χ2v) is 20.6. The highest BCUT2D eigenvalue weighted by Gasteiger charge is 2.39. The highest BCUT2D eigenvalue weighted by Crippen LogP contribution is 2.56. The minimum atomic E-state index is -0.189. The van der Waals surface area contributed by atoms with Crippen LogP contribution in [0.5, 0.6) is 0 Å². The Bertz CT molecular complexity index is 4000. The summed E-state index contributed by atoms with van der Waals surface area (Å²) < 4.78 is 2.71. The molecule has 2 aliphatic carbocycles. The van der Waals surface area contributed by atoms with Crippen molar-refractivity contribution in [2.75, 3.05) is 0 Å². The number of hydrogen-bond donors (Lipinski definition) is 0. The average Bonchev–Trinajstić information content (AvgIpc) is 3.92. The van der Waals surface area contributed by atoms with Gasteiger partial charge in [0, 0.05) is 31.0 Å². The molecule has 0 N–H and O–H groups in total. The van der Waals surface area contributed by atoms with Gasteiger partial charge in [0.2, 0.25) is 0 Å². The van der Waals surface area contributed by atoms with Gasteiger partial charge in [0.15, 0.2) is 0 Å². The van der Waals surface area contributed by atoms with Crippen LogP contribution in [0.15, 0.2) is 194 Å².